The van der Waals surface area contributed by atoms with Gasteiger partial charge in [-0.2, -0.15) is 12.6 Å². The van der Waals surface area contributed by atoms with Gasteiger partial charge in [-0.25, -0.2) is 4.79 Å². The molecule has 2 rings (SSSR count). The van der Waals surface area contributed by atoms with Crippen molar-refractivity contribution in [3.05, 3.63) is 60.2 Å². The van der Waals surface area contributed by atoms with Crippen molar-refractivity contribution in [1.82, 2.24) is 0 Å². The summed E-state index contributed by atoms with van der Waals surface area (Å²) >= 11 is 3.91. The third kappa shape index (κ3) is 7.80. The van der Waals surface area contributed by atoms with E-state index in [9.17, 15) is 9.59 Å². The van der Waals surface area contributed by atoms with Crippen molar-refractivity contribution in [2.24, 2.45) is 5.41 Å². The topological polar surface area (TPSA) is 94.1 Å². The summed E-state index contributed by atoms with van der Waals surface area (Å²) in [5.74, 6) is 0.0945. The lowest BCUT2D eigenvalue weighted by atomic mass is 9.79. The molecule has 0 radical (unpaired) electrons. The molecule has 0 heterocycles. The number of carbonyl (C=O) groups is 2. The lowest BCUT2D eigenvalue weighted by molar-refractivity contribution is -0.141. The van der Waals surface area contributed by atoms with Crippen molar-refractivity contribution in [2.45, 2.75) is 26.4 Å². The van der Waals surface area contributed by atoms with Crippen LogP contribution in [0.2, 0.25) is 0 Å². The predicted molar refractivity (Wildman–Crippen MR) is 122 cm³/mol. The van der Waals surface area contributed by atoms with E-state index in [1.54, 1.807) is 24.3 Å². The molecule has 0 bridgehead atoms. The molecule has 7 nitrogen and oxygen atoms in total. The smallest absolute Gasteiger partial charge is 0.412 e. The molecule has 2 aromatic carbocycles. The van der Waals surface area contributed by atoms with E-state index < -0.39 is 23.6 Å². The highest BCUT2D eigenvalue weighted by molar-refractivity contribution is 7.81. The number of amides is 1. The Kier molecular flexibility index (Phi) is 9.68. The summed E-state index contributed by atoms with van der Waals surface area (Å²) in [7, 11) is 0. The van der Waals surface area contributed by atoms with Gasteiger partial charge in [-0.3, -0.25) is 10.1 Å². The maximum absolute atomic E-state index is 12.7. The first-order valence-corrected chi connectivity index (χ1v) is 10.6. The zero-order chi connectivity index (χ0) is 22.7. The fourth-order valence-corrected chi connectivity index (χ4v) is 3.10. The van der Waals surface area contributed by atoms with Gasteiger partial charge in [0, 0.05) is 16.7 Å². The van der Waals surface area contributed by atoms with E-state index in [1.807, 2.05) is 44.2 Å². The number of carbonyl (C=O) groups excluding carboxylic acids is 2. The molecule has 0 fully saturated rings. The molecule has 0 spiro atoms. The van der Waals surface area contributed by atoms with Crippen molar-refractivity contribution < 1.29 is 28.9 Å². The van der Waals surface area contributed by atoms with Gasteiger partial charge in [0.2, 0.25) is 0 Å². The number of para-hydroxylation sites is 2. The largest absolute Gasteiger partial charge is 0.491 e. The number of aliphatic hydroxyl groups is 1. The summed E-state index contributed by atoms with van der Waals surface area (Å²) in [6.07, 6.45) is -0.890. The number of hydrogen-bond acceptors (Lipinski definition) is 7. The molecule has 0 unspecified atom stereocenters. The number of anilines is 1. The second kappa shape index (κ2) is 12.2. The third-order valence-electron chi connectivity index (χ3n) is 4.64. The maximum Gasteiger partial charge on any atom is 0.412 e. The average Bonchev–Trinajstić information content (AvgIpc) is 2.76. The molecule has 2 N–H and O–H groups in total. The number of nitrogens with one attached hydrogen (secondary N) is 1. The Morgan fingerprint density at radius 2 is 1.74 bits per heavy atom. The Hall–Kier alpha value is -2.71. The molecule has 0 saturated heterocycles. The second-order valence-corrected chi connectivity index (χ2v) is 7.82. The third-order valence-corrected chi connectivity index (χ3v) is 4.90. The molecule has 0 aromatic heterocycles. The monoisotopic (exact) mass is 447 g/mol. The lowest BCUT2D eigenvalue weighted by Gasteiger charge is -2.34. The van der Waals surface area contributed by atoms with Gasteiger partial charge >= 0.3 is 12.1 Å². The van der Waals surface area contributed by atoms with Crippen LogP contribution in [0.5, 0.6) is 5.75 Å². The van der Waals surface area contributed by atoms with Crippen molar-refractivity contribution in [3.8, 4) is 5.75 Å². The molecule has 1 amide bonds. The number of rotatable bonds is 11. The first-order valence-electron chi connectivity index (χ1n) is 9.99. The number of benzene rings is 2. The highest BCUT2D eigenvalue weighted by Crippen LogP contribution is 2.43. The van der Waals surface area contributed by atoms with Crippen LogP contribution in [0.1, 0.15) is 31.9 Å². The molecule has 168 valence electrons. The Bertz CT molecular complexity index is 843. The van der Waals surface area contributed by atoms with Crippen LogP contribution >= 0.6 is 12.6 Å². The molecule has 31 heavy (non-hydrogen) atoms. The zero-order valence-corrected chi connectivity index (χ0v) is 18.6. The zero-order valence-electron chi connectivity index (χ0n) is 17.7. The summed E-state index contributed by atoms with van der Waals surface area (Å²) in [6.45, 7) is 3.97. The minimum Gasteiger partial charge on any atom is -0.491 e. The summed E-state index contributed by atoms with van der Waals surface area (Å²) < 4.78 is 16.7. The molecular weight excluding hydrogens is 418 g/mol. The standard InChI is InChI=1S/C23H29NO6S/c1-23(2,12-14-29-20(26)16-31)21(18-10-6-7-11-19(18)28-15-13-25)30-22(27)24-17-8-4-3-5-9-17/h3-11,21,25,31H,12-16H2,1-2H3,(H,24,27)/t21-/m1/s1. The van der Waals surface area contributed by atoms with Gasteiger partial charge in [0.05, 0.1) is 19.0 Å². The van der Waals surface area contributed by atoms with Crippen LogP contribution in [0.15, 0.2) is 54.6 Å². The maximum atomic E-state index is 12.7. The van der Waals surface area contributed by atoms with E-state index in [4.69, 9.17) is 19.3 Å². The first-order chi connectivity index (χ1) is 14.9. The molecule has 8 heteroatoms. The summed E-state index contributed by atoms with van der Waals surface area (Å²) in [5, 5.41) is 11.9. The fraction of sp³-hybridized carbons (Fsp3) is 0.391. The first kappa shape index (κ1) is 24.6. The number of esters is 1. The van der Waals surface area contributed by atoms with Gasteiger partial charge in [0.25, 0.3) is 0 Å². The average molecular weight is 448 g/mol. The minimum atomic E-state index is -0.708. The van der Waals surface area contributed by atoms with E-state index in [2.05, 4.69) is 17.9 Å². The van der Waals surface area contributed by atoms with Gasteiger partial charge in [0.15, 0.2) is 0 Å². The highest BCUT2D eigenvalue weighted by atomic mass is 32.1. The van der Waals surface area contributed by atoms with Crippen LogP contribution in [0, 0.1) is 5.41 Å². The molecule has 1 atom stereocenters. The molecule has 0 aliphatic carbocycles. The summed E-state index contributed by atoms with van der Waals surface area (Å²) in [5.41, 5.74) is 0.658. The Morgan fingerprint density at radius 1 is 1.06 bits per heavy atom. The van der Waals surface area contributed by atoms with Crippen molar-refractivity contribution in [1.29, 1.82) is 0 Å². The summed E-state index contributed by atoms with van der Waals surface area (Å²) in [4.78, 5) is 24.1. The number of thiol groups is 1. The molecule has 0 aliphatic rings. The highest BCUT2D eigenvalue weighted by Gasteiger charge is 2.36. The Balaban J connectivity index is 2.26. The Morgan fingerprint density at radius 3 is 2.42 bits per heavy atom. The van der Waals surface area contributed by atoms with E-state index >= 15 is 0 Å². The van der Waals surface area contributed by atoms with Crippen LogP contribution in [-0.2, 0) is 14.3 Å². The van der Waals surface area contributed by atoms with E-state index in [0.717, 1.165) is 0 Å². The minimum absolute atomic E-state index is 0.00231. The Labute approximate surface area is 188 Å². The quantitative estimate of drug-likeness (QED) is 0.352. The lowest BCUT2D eigenvalue weighted by Crippen LogP contribution is -2.31. The van der Waals surface area contributed by atoms with Crippen molar-refractivity contribution in [2.75, 3.05) is 30.9 Å². The van der Waals surface area contributed by atoms with Crippen LogP contribution in [0.3, 0.4) is 0 Å². The van der Waals surface area contributed by atoms with E-state index in [-0.39, 0.29) is 25.6 Å². The normalized spacial score (nSPS) is 12.0. The van der Waals surface area contributed by atoms with Crippen LogP contribution in [-0.4, -0.2) is 42.7 Å². The van der Waals surface area contributed by atoms with Gasteiger partial charge in [0.1, 0.15) is 18.5 Å². The molecule has 0 aliphatic heterocycles. The molecule has 2 aromatic rings. The number of hydrogen-bond donors (Lipinski definition) is 3. The van der Waals surface area contributed by atoms with Gasteiger partial charge < -0.3 is 19.3 Å². The SMILES string of the molecule is CC(C)(CCOC(=O)CS)[C@H](OC(=O)Nc1ccccc1)c1ccccc1OCCO. The number of ether oxygens (including phenoxy) is 3. The number of aliphatic hydroxyl groups excluding tert-OH is 1. The van der Waals surface area contributed by atoms with Crippen LogP contribution < -0.4 is 10.1 Å². The molecule has 0 saturated carbocycles. The van der Waals surface area contributed by atoms with Crippen molar-refractivity contribution in [3.63, 3.8) is 0 Å². The fourth-order valence-electron chi connectivity index (χ4n) is 3.01. The van der Waals surface area contributed by atoms with Gasteiger partial charge in [-0.1, -0.05) is 50.2 Å². The van der Waals surface area contributed by atoms with E-state index in [0.29, 0.717) is 23.4 Å². The summed E-state index contributed by atoms with van der Waals surface area (Å²) in [6, 6.07) is 16.2. The van der Waals surface area contributed by atoms with Crippen LogP contribution in [0.4, 0.5) is 10.5 Å². The second-order valence-electron chi connectivity index (χ2n) is 7.50. The molecular formula is C23H29NO6S. The van der Waals surface area contributed by atoms with Gasteiger partial charge in [-0.05, 0) is 24.6 Å². The predicted octanol–water partition coefficient (Wildman–Crippen LogP) is 4.24. The van der Waals surface area contributed by atoms with Crippen molar-refractivity contribution >= 4 is 30.4 Å². The van der Waals surface area contributed by atoms with E-state index in [1.165, 1.54) is 0 Å². The van der Waals surface area contributed by atoms with Gasteiger partial charge in [-0.15, -0.1) is 0 Å². The van der Waals surface area contributed by atoms with Crippen LogP contribution in [0.25, 0.3) is 0 Å².